The maximum absolute atomic E-state index is 5.96. The zero-order chi connectivity index (χ0) is 14.2. The van der Waals surface area contributed by atoms with E-state index in [2.05, 4.69) is 70.0 Å². The molecule has 0 bridgehead atoms. The summed E-state index contributed by atoms with van der Waals surface area (Å²) in [5.41, 5.74) is 2.45. The molecule has 0 N–H and O–H groups in total. The van der Waals surface area contributed by atoms with Crippen LogP contribution in [0.1, 0.15) is 5.56 Å². The molecule has 0 spiro atoms. The van der Waals surface area contributed by atoms with Crippen LogP contribution in [0.15, 0.2) is 73.2 Å². The number of benzene rings is 2. The standard InChI is InChI=1S/C18H14ClN2/c19-16-7-5-14(6-8-16)13-21-12-11-20-10-9-15-3-1-2-4-17(15)18(20)21/h1-12H,13H2/q+1. The minimum Gasteiger partial charge on any atom is -0.225 e. The third-order valence-electron chi connectivity index (χ3n) is 3.81. The van der Waals surface area contributed by atoms with E-state index >= 15 is 0 Å². The van der Waals surface area contributed by atoms with Crippen molar-refractivity contribution >= 4 is 28.0 Å². The van der Waals surface area contributed by atoms with E-state index in [4.69, 9.17) is 11.6 Å². The molecule has 0 saturated carbocycles. The fourth-order valence-corrected chi connectivity index (χ4v) is 2.90. The minimum atomic E-state index is 0.774. The van der Waals surface area contributed by atoms with E-state index in [0.717, 1.165) is 11.6 Å². The SMILES string of the molecule is Clc1ccc(C[n+]2ccn3ccc4ccccc4c32)cc1. The van der Waals surface area contributed by atoms with Gasteiger partial charge in [-0.25, -0.2) is 8.97 Å². The third kappa shape index (κ3) is 2.18. The van der Waals surface area contributed by atoms with Gasteiger partial charge in [0.25, 0.3) is 5.65 Å². The van der Waals surface area contributed by atoms with Gasteiger partial charge < -0.3 is 0 Å². The molecule has 0 unspecified atom stereocenters. The van der Waals surface area contributed by atoms with Crippen molar-refractivity contribution in [2.24, 2.45) is 0 Å². The largest absolute Gasteiger partial charge is 0.294 e. The summed E-state index contributed by atoms with van der Waals surface area (Å²) in [5.74, 6) is 0. The van der Waals surface area contributed by atoms with Crippen LogP contribution in [-0.4, -0.2) is 4.40 Å². The van der Waals surface area contributed by atoms with Crippen LogP contribution in [0.4, 0.5) is 0 Å². The van der Waals surface area contributed by atoms with Crippen molar-refractivity contribution in [3.63, 3.8) is 0 Å². The summed E-state index contributed by atoms with van der Waals surface area (Å²) in [6.07, 6.45) is 6.32. The molecule has 3 heteroatoms. The Morgan fingerprint density at radius 2 is 1.71 bits per heavy atom. The van der Waals surface area contributed by atoms with Crippen LogP contribution in [-0.2, 0) is 6.54 Å². The maximum atomic E-state index is 5.96. The van der Waals surface area contributed by atoms with Crippen LogP contribution < -0.4 is 4.57 Å². The summed E-state index contributed by atoms with van der Waals surface area (Å²) < 4.78 is 4.43. The molecular weight excluding hydrogens is 280 g/mol. The van der Waals surface area contributed by atoms with E-state index < -0.39 is 0 Å². The first-order valence-corrected chi connectivity index (χ1v) is 7.31. The van der Waals surface area contributed by atoms with Gasteiger partial charge in [-0.2, -0.15) is 0 Å². The number of pyridine rings is 1. The quantitative estimate of drug-likeness (QED) is 0.492. The summed E-state index contributed by atoms with van der Waals surface area (Å²) in [6, 6.07) is 18.6. The van der Waals surface area contributed by atoms with Gasteiger partial charge in [0.1, 0.15) is 18.9 Å². The molecule has 0 aliphatic heterocycles. The van der Waals surface area contributed by atoms with E-state index in [0.29, 0.717) is 0 Å². The maximum Gasteiger partial charge on any atom is 0.294 e. The van der Waals surface area contributed by atoms with Gasteiger partial charge in [-0.15, -0.1) is 0 Å². The molecule has 21 heavy (non-hydrogen) atoms. The Morgan fingerprint density at radius 1 is 0.905 bits per heavy atom. The summed E-state index contributed by atoms with van der Waals surface area (Å²) in [5, 5.41) is 3.29. The van der Waals surface area contributed by atoms with Crippen molar-refractivity contribution in [2.75, 3.05) is 0 Å². The molecule has 0 fully saturated rings. The van der Waals surface area contributed by atoms with Crippen LogP contribution in [0.5, 0.6) is 0 Å². The Bertz CT molecular complexity index is 923. The lowest BCUT2D eigenvalue weighted by Crippen LogP contribution is -2.33. The summed E-state index contributed by atoms with van der Waals surface area (Å²) in [7, 11) is 0. The molecule has 102 valence electrons. The molecule has 0 aliphatic rings. The van der Waals surface area contributed by atoms with Gasteiger partial charge in [-0.3, -0.25) is 0 Å². The molecule has 0 aliphatic carbocycles. The van der Waals surface area contributed by atoms with Gasteiger partial charge in [-0.1, -0.05) is 41.9 Å². The summed E-state index contributed by atoms with van der Waals surface area (Å²) >= 11 is 5.96. The summed E-state index contributed by atoms with van der Waals surface area (Å²) in [4.78, 5) is 0. The van der Waals surface area contributed by atoms with E-state index in [1.807, 2.05) is 12.1 Å². The minimum absolute atomic E-state index is 0.774. The molecule has 0 amide bonds. The van der Waals surface area contributed by atoms with E-state index in [-0.39, 0.29) is 0 Å². The molecule has 4 aromatic rings. The Labute approximate surface area is 127 Å². The fourth-order valence-electron chi connectivity index (χ4n) is 2.78. The average molecular weight is 294 g/mol. The molecule has 0 radical (unpaired) electrons. The third-order valence-corrected chi connectivity index (χ3v) is 4.06. The van der Waals surface area contributed by atoms with Crippen molar-refractivity contribution in [1.82, 2.24) is 4.40 Å². The highest BCUT2D eigenvalue weighted by Gasteiger charge is 2.13. The van der Waals surface area contributed by atoms with Crippen LogP contribution in [0.2, 0.25) is 5.02 Å². The number of halogens is 1. The average Bonchev–Trinajstić information content (AvgIpc) is 2.93. The normalized spacial score (nSPS) is 11.3. The van der Waals surface area contributed by atoms with Gasteiger partial charge in [0, 0.05) is 5.02 Å². The molecule has 4 rings (SSSR count). The number of nitrogens with zero attached hydrogens (tertiary/aromatic N) is 2. The first kappa shape index (κ1) is 12.4. The number of hydrogen-bond donors (Lipinski definition) is 0. The number of hydrogen-bond acceptors (Lipinski definition) is 0. The summed E-state index contributed by atoms with van der Waals surface area (Å²) in [6.45, 7) is 0.835. The molecule has 2 aromatic heterocycles. The van der Waals surface area contributed by atoms with Gasteiger partial charge in [0.05, 0.1) is 11.6 Å². The molecule has 0 atom stereocenters. The van der Waals surface area contributed by atoms with Gasteiger partial charge in [-0.05, 0) is 35.2 Å². The predicted octanol–water partition coefficient (Wildman–Crippen LogP) is 4.08. The topological polar surface area (TPSA) is 8.29 Å². The molecule has 2 heterocycles. The van der Waals surface area contributed by atoms with E-state index in [1.54, 1.807) is 0 Å². The lowest BCUT2D eigenvalue weighted by molar-refractivity contribution is -0.661. The van der Waals surface area contributed by atoms with Crippen LogP contribution in [0.25, 0.3) is 16.4 Å². The molecule has 2 nitrogen and oxygen atoms in total. The molecular formula is C18H14ClN2+. The van der Waals surface area contributed by atoms with Crippen LogP contribution >= 0.6 is 11.6 Å². The fraction of sp³-hybridized carbons (Fsp3) is 0.0556. The van der Waals surface area contributed by atoms with Crippen molar-refractivity contribution in [1.29, 1.82) is 0 Å². The molecule has 2 aromatic carbocycles. The predicted molar refractivity (Wildman–Crippen MR) is 85.7 cm³/mol. The smallest absolute Gasteiger partial charge is 0.225 e. The Morgan fingerprint density at radius 3 is 2.57 bits per heavy atom. The highest BCUT2D eigenvalue weighted by atomic mass is 35.5. The second-order valence-electron chi connectivity index (χ2n) is 5.19. The zero-order valence-electron chi connectivity index (χ0n) is 11.4. The first-order chi connectivity index (χ1) is 10.3. The highest BCUT2D eigenvalue weighted by molar-refractivity contribution is 6.30. The van der Waals surface area contributed by atoms with Crippen molar-refractivity contribution in [3.8, 4) is 0 Å². The number of imidazole rings is 1. The van der Waals surface area contributed by atoms with Crippen LogP contribution in [0.3, 0.4) is 0 Å². The molecule has 0 saturated heterocycles. The van der Waals surface area contributed by atoms with Gasteiger partial charge in [0.15, 0.2) is 0 Å². The lowest BCUT2D eigenvalue weighted by Gasteiger charge is -2.02. The van der Waals surface area contributed by atoms with Crippen LogP contribution in [0, 0.1) is 0 Å². The lowest BCUT2D eigenvalue weighted by atomic mass is 10.1. The van der Waals surface area contributed by atoms with Crippen molar-refractivity contribution in [2.45, 2.75) is 6.54 Å². The second-order valence-corrected chi connectivity index (χ2v) is 5.62. The Kier molecular flexibility index (Phi) is 2.90. The van der Waals surface area contributed by atoms with Gasteiger partial charge in [0.2, 0.25) is 0 Å². The van der Waals surface area contributed by atoms with E-state index in [1.165, 1.54) is 22.0 Å². The van der Waals surface area contributed by atoms with Crippen molar-refractivity contribution in [3.05, 3.63) is 83.8 Å². The zero-order valence-corrected chi connectivity index (χ0v) is 12.2. The monoisotopic (exact) mass is 293 g/mol. The Balaban J connectivity index is 1.88. The second kappa shape index (κ2) is 4.90. The number of rotatable bonds is 2. The van der Waals surface area contributed by atoms with Crippen molar-refractivity contribution < 1.29 is 4.57 Å². The number of aromatic nitrogens is 2. The number of fused-ring (bicyclic) bond motifs is 3. The first-order valence-electron chi connectivity index (χ1n) is 6.93. The van der Waals surface area contributed by atoms with E-state index in [9.17, 15) is 0 Å². The Hall–Kier alpha value is -2.32. The highest BCUT2D eigenvalue weighted by Crippen LogP contribution is 2.18. The van der Waals surface area contributed by atoms with Gasteiger partial charge >= 0.3 is 0 Å².